The summed E-state index contributed by atoms with van der Waals surface area (Å²) in [7, 11) is 0. The zero-order valence-electron chi connectivity index (χ0n) is 11.0. The molecule has 0 aliphatic rings. The van der Waals surface area contributed by atoms with Gasteiger partial charge in [-0.25, -0.2) is 4.79 Å². The fourth-order valence-electron chi connectivity index (χ4n) is 2.18. The van der Waals surface area contributed by atoms with Gasteiger partial charge in [-0.1, -0.05) is 30.3 Å². The van der Waals surface area contributed by atoms with E-state index in [1.807, 2.05) is 30.3 Å². The first kappa shape index (κ1) is 13.3. The van der Waals surface area contributed by atoms with Crippen molar-refractivity contribution in [1.29, 1.82) is 5.26 Å². The second kappa shape index (κ2) is 5.38. The number of fused-ring (bicyclic) bond motifs is 1. The van der Waals surface area contributed by atoms with Crippen LogP contribution < -0.4 is 0 Å². The molecule has 0 saturated heterocycles. The lowest BCUT2D eigenvalue weighted by molar-refractivity contribution is 0.0702. The van der Waals surface area contributed by atoms with E-state index in [0.717, 1.165) is 21.5 Å². The Morgan fingerprint density at radius 2 is 2.14 bits per heavy atom. The minimum Gasteiger partial charge on any atom is -0.477 e. The Morgan fingerprint density at radius 1 is 1.38 bits per heavy atom. The molecule has 0 amide bonds. The maximum atomic E-state index is 11.2. The number of benzene rings is 1. The third-order valence-electron chi connectivity index (χ3n) is 3.12. The molecular weight excluding hydrogens is 286 g/mol. The Bertz CT molecular complexity index is 843. The fraction of sp³-hybridized carbons (Fsp3) is 0.133. The summed E-state index contributed by atoms with van der Waals surface area (Å²) in [6.07, 6.45) is 0.339. The largest absolute Gasteiger partial charge is 0.477 e. The lowest BCUT2D eigenvalue weighted by Crippen LogP contribution is -1.98. The second-order valence-corrected chi connectivity index (χ2v) is 5.51. The number of aromatic nitrogens is 2. The number of carboxylic acid groups (broad SMARTS) is 1. The van der Waals surface area contributed by atoms with Crippen LogP contribution in [-0.2, 0) is 6.54 Å². The van der Waals surface area contributed by atoms with Gasteiger partial charge in [0.15, 0.2) is 0 Å². The van der Waals surface area contributed by atoms with Gasteiger partial charge in [-0.3, -0.25) is 4.68 Å². The van der Waals surface area contributed by atoms with Crippen LogP contribution in [0.2, 0.25) is 0 Å². The molecular formula is C15H11N3O2S. The summed E-state index contributed by atoms with van der Waals surface area (Å²) in [5, 5.41) is 23.3. The van der Waals surface area contributed by atoms with Gasteiger partial charge < -0.3 is 5.11 Å². The highest BCUT2D eigenvalue weighted by Crippen LogP contribution is 2.34. The van der Waals surface area contributed by atoms with Crippen molar-refractivity contribution in [3.8, 4) is 17.3 Å². The first-order chi connectivity index (χ1) is 10.2. The Morgan fingerprint density at radius 3 is 2.81 bits per heavy atom. The molecule has 0 fully saturated rings. The smallest absolute Gasteiger partial charge is 0.345 e. The highest BCUT2D eigenvalue weighted by Gasteiger charge is 2.18. The third kappa shape index (κ3) is 2.39. The van der Waals surface area contributed by atoms with Crippen molar-refractivity contribution in [2.24, 2.45) is 0 Å². The molecule has 0 aliphatic heterocycles. The van der Waals surface area contributed by atoms with Crippen molar-refractivity contribution in [3.05, 3.63) is 41.3 Å². The number of hydrogen-bond acceptors (Lipinski definition) is 4. The monoisotopic (exact) mass is 297 g/mol. The normalized spacial score (nSPS) is 10.6. The Labute approximate surface area is 124 Å². The number of aryl methyl sites for hydroxylation is 1. The van der Waals surface area contributed by atoms with E-state index in [9.17, 15) is 4.79 Å². The average Bonchev–Trinajstić information content (AvgIpc) is 3.05. The average molecular weight is 297 g/mol. The number of hydrogen-bond donors (Lipinski definition) is 1. The van der Waals surface area contributed by atoms with Crippen LogP contribution >= 0.6 is 11.3 Å². The van der Waals surface area contributed by atoms with Crippen LogP contribution in [0.5, 0.6) is 0 Å². The first-order valence-corrected chi connectivity index (χ1v) is 7.18. The van der Waals surface area contributed by atoms with Crippen LogP contribution in [0.1, 0.15) is 16.1 Å². The molecule has 0 unspecified atom stereocenters. The topological polar surface area (TPSA) is 78.9 Å². The summed E-state index contributed by atoms with van der Waals surface area (Å²) in [5.74, 6) is -0.943. The number of thiophene rings is 1. The van der Waals surface area contributed by atoms with E-state index in [-0.39, 0.29) is 4.88 Å². The molecule has 0 bridgehead atoms. The lowest BCUT2D eigenvalue weighted by atomic mass is 10.1. The van der Waals surface area contributed by atoms with Crippen LogP contribution in [0.3, 0.4) is 0 Å². The number of carbonyl (C=O) groups is 1. The van der Waals surface area contributed by atoms with E-state index < -0.39 is 5.97 Å². The van der Waals surface area contributed by atoms with Gasteiger partial charge in [0.1, 0.15) is 15.4 Å². The fourth-order valence-corrected chi connectivity index (χ4v) is 3.16. The summed E-state index contributed by atoms with van der Waals surface area (Å²) in [6.45, 7) is 0.458. The van der Waals surface area contributed by atoms with Crippen molar-refractivity contribution in [2.75, 3.05) is 0 Å². The standard InChI is InChI=1S/C15H11N3O2S/c16-7-4-8-18-14-11(9-12(21-14)15(19)20)13(17-18)10-5-2-1-3-6-10/h1-3,5-6,9H,4,8H2,(H,19,20). The quantitative estimate of drug-likeness (QED) is 0.800. The summed E-state index contributed by atoms with van der Waals surface area (Å²) in [4.78, 5) is 12.2. The summed E-state index contributed by atoms with van der Waals surface area (Å²) in [5.41, 5.74) is 1.69. The SMILES string of the molecule is N#CCCn1nc(-c2ccccc2)c2cc(C(=O)O)sc21. The predicted molar refractivity (Wildman–Crippen MR) is 80.2 cm³/mol. The molecule has 3 rings (SSSR count). The molecule has 3 aromatic rings. The van der Waals surface area contributed by atoms with Gasteiger partial charge in [-0.2, -0.15) is 10.4 Å². The van der Waals surface area contributed by atoms with Gasteiger partial charge in [0.05, 0.1) is 19.0 Å². The summed E-state index contributed by atoms with van der Waals surface area (Å²) < 4.78 is 1.72. The van der Waals surface area contributed by atoms with Crippen molar-refractivity contribution < 1.29 is 9.90 Å². The number of nitrogens with zero attached hydrogens (tertiary/aromatic N) is 3. The Kier molecular flexibility index (Phi) is 3.42. The molecule has 0 radical (unpaired) electrons. The third-order valence-corrected chi connectivity index (χ3v) is 4.25. The molecule has 1 aromatic carbocycles. The van der Waals surface area contributed by atoms with Crippen LogP contribution in [0.15, 0.2) is 36.4 Å². The number of rotatable bonds is 4. The number of nitriles is 1. The summed E-state index contributed by atoms with van der Waals surface area (Å²) >= 11 is 1.19. The van der Waals surface area contributed by atoms with Crippen molar-refractivity contribution in [1.82, 2.24) is 9.78 Å². The van der Waals surface area contributed by atoms with Gasteiger partial charge in [0.2, 0.25) is 0 Å². The Hall–Kier alpha value is -2.65. The molecule has 5 nitrogen and oxygen atoms in total. The minimum atomic E-state index is -0.943. The Balaban J connectivity index is 2.20. The second-order valence-electron chi connectivity index (χ2n) is 4.48. The highest BCUT2D eigenvalue weighted by molar-refractivity contribution is 7.20. The van der Waals surface area contributed by atoms with Crippen LogP contribution in [0, 0.1) is 11.3 Å². The zero-order chi connectivity index (χ0) is 14.8. The van der Waals surface area contributed by atoms with Crippen LogP contribution in [0.4, 0.5) is 0 Å². The molecule has 104 valence electrons. The molecule has 0 spiro atoms. The van der Waals surface area contributed by atoms with E-state index >= 15 is 0 Å². The summed E-state index contributed by atoms with van der Waals surface area (Å²) in [6, 6.07) is 13.4. The van der Waals surface area contributed by atoms with E-state index in [1.165, 1.54) is 11.3 Å². The van der Waals surface area contributed by atoms with E-state index in [0.29, 0.717) is 13.0 Å². The zero-order valence-corrected chi connectivity index (χ0v) is 11.8. The van der Waals surface area contributed by atoms with Crippen LogP contribution in [-0.4, -0.2) is 20.9 Å². The van der Waals surface area contributed by atoms with Crippen molar-refractivity contribution in [3.63, 3.8) is 0 Å². The highest BCUT2D eigenvalue weighted by atomic mass is 32.1. The lowest BCUT2D eigenvalue weighted by Gasteiger charge is -1.98. The number of carboxylic acids is 1. The van der Waals surface area contributed by atoms with Crippen molar-refractivity contribution in [2.45, 2.75) is 13.0 Å². The molecule has 6 heteroatoms. The van der Waals surface area contributed by atoms with E-state index in [1.54, 1.807) is 10.7 Å². The molecule has 1 N–H and O–H groups in total. The first-order valence-electron chi connectivity index (χ1n) is 6.36. The molecule has 2 heterocycles. The van der Waals surface area contributed by atoms with E-state index in [2.05, 4.69) is 11.2 Å². The molecule has 0 atom stereocenters. The van der Waals surface area contributed by atoms with Gasteiger partial charge in [0, 0.05) is 10.9 Å². The minimum absolute atomic E-state index is 0.283. The van der Waals surface area contributed by atoms with Gasteiger partial charge in [-0.15, -0.1) is 11.3 Å². The van der Waals surface area contributed by atoms with Gasteiger partial charge in [0.25, 0.3) is 0 Å². The predicted octanol–water partition coefficient (Wildman–Crippen LogP) is 3.38. The number of aromatic carboxylic acids is 1. The van der Waals surface area contributed by atoms with Gasteiger partial charge >= 0.3 is 5.97 Å². The van der Waals surface area contributed by atoms with Crippen molar-refractivity contribution >= 4 is 27.5 Å². The molecule has 0 aliphatic carbocycles. The maximum absolute atomic E-state index is 11.2. The molecule has 21 heavy (non-hydrogen) atoms. The molecule has 0 saturated carbocycles. The van der Waals surface area contributed by atoms with E-state index in [4.69, 9.17) is 10.4 Å². The van der Waals surface area contributed by atoms with Gasteiger partial charge in [-0.05, 0) is 6.07 Å². The maximum Gasteiger partial charge on any atom is 0.345 e. The molecule has 2 aromatic heterocycles. The van der Waals surface area contributed by atoms with Crippen LogP contribution in [0.25, 0.3) is 21.5 Å².